The Hall–Kier alpha value is -4.11. The number of rotatable bonds is 6. The van der Waals surface area contributed by atoms with Crippen molar-refractivity contribution in [3.8, 4) is 24.0 Å². The smallest absolute Gasteiger partial charge is 0.111 e. The van der Waals surface area contributed by atoms with E-state index < -0.39 is 0 Å². The lowest BCUT2D eigenvalue weighted by Gasteiger charge is -2.23. The maximum Gasteiger partial charge on any atom is 0.111 e. The number of hydrogen-bond donors (Lipinski definition) is 3. The lowest BCUT2D eigenvalue weighted by atomic mass is 9.93. The van der Waals surface area contributed by atoms with Crippen LogP contribution in [0.4, 0.5) is 11.4 Å². The van der Waals surface area contributed by atoms with Crippen molar-refractivity contribution in [1.29, 1.82) is 0 Å². The van der Waals surface area contributed by atoms with E-state index in [1.165, 1.54) is 0 Å². The SMILES string of the molecule is C#C.C=C(Nc1cncc(-c2ccc(NC)c(Cc3nc4ccncc4[nH]3)c2)c1)C(C)(C)C. The highest BCUT2D eigenvalue weighted by Crippen LogP contribution is 2.30. The second-order valence-electron chi connectivity index (χ2n) is 8.69. The van der Waals surface area contributed by atoms with Crippen molar-refractivity contribution in [1.82, 2.24) is 19.9 Å². The van der Waals surface area contributed by atoms with Crippen LogP contribution in [0.1, 0.15) is 32.2 Å². The number of imidazole rings is 1. The number of fused-ring (bicyclic) bond motifs is 1. The van der Waals surface area contributed by atoms with E-state index in [0.29, 0.717) is 6.42 Å². The van der Waals surface area contributed by atoms with Crippen molar-refractivity contribution in [2.24, 2.45) is 5.41 Å². The molecule has 0 spiro atoms. The molecule has 0 fully saturated rings. The zero-order valence-corrected chi connectivity index (χ0v) is 19.6. The summed E-state index contributed by atoms with van der Waals surface area (Å²) in [7, 11) is 1.94. The van der Waals surface area contributed by atoms with E-state index in [1.54, 1.807) is 12.4 Å². The third-order valence-corrected chi connectivity index (χ3v) is 5.34. The molecule has 4 aromatic rings. The van der Waals surface area contributed by atoms with Gasteiger partial charge in [0.1, 0.15) is 5.82 Å². The van der Waals surface area contributed by atoms with Crippen molar-refractivity contribution in [2.75, 3.05) is 17.7 Å². The van der Waals surface area contributed by atoms with Crippen LogP contribution in [0.2, 0.25) is 0 Å². The average Bonchev–Trinajstić information content (AvgIpc) is 3.22. The number of aromatic amines is 1. The number of anilines is 2. The second kappa shape index (κ2) is 10.0. The van der Waals surface area contributed by atoms with Gasteiger partial charge in [0, 0.05) is 48.2 Å². The third-order valence-electron chi connectivity index (χ3n) is 5.34. The minimum absolute atomic E-state index is 0.0281. The summed E-state index contributed by atoms with van der Waals surface area (Å²) in [6.45, 7) is 10.6. The van der Waals surface area contributed by atoms with Gasteiger partial charge in [0.25, 0.3) is 0 Å². The summed E-state index contributed by atoms with van der Waals surface area (Å²) in [5.41, 5.74) is 8.11. The van der Waals surface area contributed by atoms with E-state index in [2.05, 4.69) is 90.0 Å². The van der Waals surface area contributed by atoms with E-state index >= 15 is 0 Å². The molecule has 0 saturated heterocycles. The summed E-state index contributed by atoms with van der Waals surface area (Å²) >= 11 is 0. The zero-order chi connectivity index (χ0) is 24.0. The second-order valence-corrected chi connectivity index (χ2v) is 8.69. The van der Waals surface area contributed by atoms with Gasteiger partial charge < -0.3 is 15.6 Å². The third kappa shape index (κ3) is 5.58. The Labute approximate surface area is 195 Å². The van der Waals surface area contributed by atoms with Gasteiger partial charge in [-0.1, -0.05) is 33.4 Å². The van der Waals surface area contributed by atoms with Crippen LogP contribution in [0.15, 0.2) is 67.4 Å². The standard InChI is InChI=1S/C25H28N6.C2H2/c1-16(25(2,3)4)29-20-11-19(13-28-14-20)17-6-7-21(26-5)18(10-17)12-24-30-22-8-9-27-15-23(22)31-24;1-2/h6-11,13-15,26,29H,1,12H2,2-5H3,(H,30,31);1-2H. The summed E-state index contributed by atoms with van der Waals surface area (Å²) in [6.07, 6.45) is 16.0. The monoisotopic (exact) mass is 438 g/mol. The Balaban J connectivity index is 0.00000149. The van der Waals surface area contributed by atoms with Crippen molar-refractivity contribution in [3.05, 3.63) is 78.8 Å². The van der Waals surface area contributed by atoms with Crippen LogP contribution < -0.4 is 10.6 Å². The van der Waals surface area contributed by atoms with E-state index in [1.807, 2.05) is 25.5 Å². The Morgan fingerprint density at radius 1 is 1.03 bits per heavy atom. The molecule has 0 bridgehead atoms. The normalized spacial score (nSPS) is 10.8. The topological polar surface area (TPSA) is 78.5 Å². The lowest BCUT2D eigenvalue weighted by molar-refractivity contribution is 0.509. The van der Waals surface area contributed by atoms with Crippen LogP contribution >= 0.6 is 0 Å². The Morgan fingerprint density at radius 3 is 2.52 bits per heavy atom. The molecule has 168 valence electrons. The molecule has 3 N–H and O–H groups in total. The van der Waals surface area contributed by atoms with Crippen LogP contribution in [0.3, 0.4) is 0 Å². The molecule has 6 nitrogen and oxygen atoms in total. The molecule has 0 unspecified atom stereocenters. The molecule has 3 heterocycles. The van der Waals surface area contributed by atoms with Gasteiger partial charge >= 0.3 is 0 Å². The van der Waals surface area contributed by atoms with E-state index in [9.17, 15) is 0 Å². The van der Waals surface area contributed by atoms with Gasteiger partial charge in [-0.15, -0.1) is 12.8 Å². The fourth-order valence-corrected chi connectivity index (χ4v) is 3.37. The first kappa shape index (κ1) is 23.6. The first-order valence-electron chi connectivity index (χ1n) is 10.7. The quantitative estimate of drug-likeness (QED) is 0.328. The Bertz CT molecular complexity index is 1240. The number of H-pyrrole nitrogens is 1. The molecular weight excluding hydrogens is 408 g/mol. The van der Waals surface area contributed by atoms with Crippen molar-refractivity contribution >= 4 is 22.4 Å². The summed E-state index contributed by atoms with van der Waals surface area (Å²) in [5, 5.41) is 6.68. The molecule has 33 heavy (non-hydrogen) atoms. The van der Waals surface area contributed by atoms with Gasteiger partial charge in [0.2, 0.25) is 0 Å². The molecular formula is C27H30N6. The minimum atomic E-state index is -0.0281. The number of benzene rings is 1. The fourth-order valence-electron chi connectivity index (χ4n) is 3.37. The molecule has 0 aliphatic carbocycles. The molecule has 0 atom stereocenters. The minimum Gasteiger partial charge on any atom is -0.388 e. The van der Waals surface area contributed by atoms with Gasteiger partial charge in [0.15, 0.2) is 0 Å². The van der Waals surface area contributed by atoms with Gasteiger partial charge in [-0.2, -0.15) is 0 Å². The van der Waals surface area contributed by atoms with E-state index in [4.69, 9.17) is 4.98 Å². The molecule has 1 aromatic carbocycles. The summed E-state index contributed by atoms with van der Waals surface area (Å²) < 4.78 is 0. The maximum atomic E-state index is 4.70. The average molecular weight is 439 g/mol. The lowest BCUT2D eigenvalue weighted by Crippen LogP contribution is -2.15. The maximum absolute atomic E-state index is 4.70. The Kier molecular flexibility index (Phi) is 7.14. The number of nitrogens with one attached hydrogen (secondary N) is 3. The predicted octanol–water partition coefficient (Wildman–Crippen LogP) is 5.87. The van der Waals surface area contributed by atoms with Gasteiger partial charge in [0.05, 0.1) is 29.1 Å². The summed E-state index contributed by atoms with van der Waals surface area (Å²) in [4.78, 5) is 16.7. The summed E-state index contributed by atoms with van der Waals surface area (Å²) in [5.74, 6) is 0.909. The van der Waals surface area contributed by atoms with Crippen molar-refractivity contribution in [3.63, 3.8) is 0 Å². The molecule has 3 aromatic heterocycles. The molecule has 4 rings (SSSR count). The largest absolute Gasteiger partial charge is 0.388 e. The molecule has 0 saturated carbocycles. The zero-order valence-electron chi connectivity index (χ0n) is 19.6. The number of hydrogen-bond acceptors (Lipinski definition) is 5. The highest BCUT2D eigenvalue weighted by atomic mass is 14.9. The van der Waals surface area contributed by atoms with Crippen LogP contribution in [0, 0.1) is 18.3 Å². The fraction of sp³-hybridized carbons (Fsp3) is 0.222. The van der Waals surface area contributed by atoms with Crippen LogP contribution in [-0.2, 0) is 6.42 Å². The van der Waals surface area contributed by atoms with Crippen molar-refractivity contribution in [2.45, 2.75) is 27.2 Å². The van der Waals surface area contributed by atoms with Crippen LogP contribution in [0.25, 0.3) is 22.2 Å². The highest BCUT2D eigenvalue weighted by molar-refractivity contribution is 5.74. The number of pyridine rings is 2. The highest BCUT2D eigenvalue weighted by Gasteiger charge is 2.15. The predicted molar refractivity (Wildman–Crippen MR) is 138 cm³/mol. The number of aromatic nitrogens is 4. The van der Waals surface area contributed by atoms with E-state index in [0.717, 1.165) is 50.6 Å². The summed E-state index contributed by atoms with van der Waals surface area (Å²) in [6, 6.07) is 10.4. The molecule has 0 aliphatic heterocycles. The molecule has 6 heteroatoms. The number of nitrogens with zero attached hydrogens (tertiary/aromatic N) is 3. The van der Waals surface area contributed by atoms with Crippen LogP contribution in [0.5, 0.6) is 0 Å². The van der Waals surface area contributed by atoms with Gasteiger partial charge in [-0.3, -0.25) is 9.97 Å². The molecule has 0 amide bonds. The Morgan fingerprint density at radius 2 is 1.82 bits per heavy atom. The van der Waals surface area contributed by atoms with Crippen molar-refractivity contribution < 1.29 is 0 Å². The first-order chi connectivity index (χ1) is 15.8. The molecule has 0 aliphatic rings. The molecule has 0 radical (unpaired) electrons. The number of terminal acetylenes is 1. The van der Waals surface area contributed by atoms with Gasteiger partial charge in [-0.25, -0.2) is 4.98 Å². The number of allylic oxidation sites excluding steroid dienone is 1. The van der Waals surface area contributed by atoms with E-state index in [-0.39, 0.29) is 5.41 Å². The van der Waals surface area contributed by atoms with Crippen LogP contribution in [-0.4, -0.2) is 27.0 Å². The first-order valence-corrected chi connectivity index (χ1v) is 10.7. The van der Waals surface area contributed by atoms with Gasteiger partial charge in [-0.05, 0) is 35.4 Å².